The summed E-state index contributed by atoms with van der Waals surface area (Å²) < 4.78 is 48.0. The number of alkyl halides is 3. The molecule has 1 fully saturated rings. The third-order valence-corrected chi connectivity index (χ3v) is 3.50. The predicted octanol–water partition coefficient (Wildman–Crippen LogP) is 0.473. The first-order chi connectivity index (χ1) is 11.3. The van der Waals surface area contributed by atoms with E-state index in [0.29, 0.717) is 0 Å². The summed E-state index contributed by atoms with van der Waals surface area (Å²) in [5, 5.41) is 23.6. The van der Waals surface area contributed by atoms with Gasteiger partial charge in [0.2, 0.25) is 12.3 Å². The lowest BCUT2D eigenvalue weighted by Gasteiger charge is -2.38. The first kappa shape index (κ1) is 16.5. The zero-order valence-electron chi connectivity index (χ0n) is 12.1. The second-order valence-corrected chi connectivity index (χ2v) is 5.21. The molecule has 8 nitrogen and oxygen atoms in total. The summed E-state index contributed by atoms with van der Waals surface area (Å²) in [6.07, 6.45) is -7.04. The van der Waals surface area contributed by atoms with Crippen LogP contribution < -0.4 is 9.64 Å². The second-order valence-electron chi connectivity index (χ2n) is 5.21. The van der Waals surface area contributed by atoms with Crippen LogP contribution in [0.15, 0.2) is 29.1 Å². The number of anilines is 1. The Morgan fingerprint density at radius 1 is 1.25 bits per heavy atom. The average Bonchev–Trinajstić information content (AvgIpc) is 3.05. The van der Waals surface area contributed by atoms with Gasteiger partial charge in [-0.15, -0.1) is 0 Å². The Balaban J connectivity index is 1.77. The molecule has 0 aromatic carbocycles. The summed E-state index contributed by atoms with van der Waals surface area (Å²) >= 11 is 0. The molecule has 130 valence electrons. The molecular weight excluding hydrogens is 333 g/mol. The lowest BCUT2D eigenvalue weighted by atomic mass is 10.0. The summed E-state index contributed by atoms with van der Waals surface area (Å²) in [6.45, 7) is 0.0618. The topological polar surface area (TPSA) is 105 Å². The van der Waals surface area contributed by atoms with E-state index in [4.69, 9.17) is 4.74 Å². The summed E-state index contributed by atoms with van der Waals surface area (Å²) in [5.74, 6) is -0.136. The molecule has 2 aromatic rings. The van der Waals surface area contributed by atoms with E-state index < -0.39 is 30.2 Å². The number of pyridine rings is 1. The van der Waals surface area contributed by atoms with Crippen LogP contribution in [0.5, 0.6) is 5.88 Å². The van der Waals surface area contributed by atoms with Crippen LogP contribution in [0.4, 0.5) is 19.1 Å². The first-order valence-electron chi connectivity index (χ1n) is 6.93. The van der Waals surface area contributed by atoms with Crippen LogP contribution >= 0.6 is 0 Å². The molecule has 0 radical (unpaired) electrons. The summed E-state index contributed by atoms with van der Waals surface area (Å²) in [4.78, 5) is 8.69. The van der Waals surface area contributed by atoms with E-state index >= 15 is 0 Å². The molecule has 1 aliphatic heterocycles. The van der Waals surface area contributed by atoms with Crippen LogP contribution in [0.1, 0.15) is 5.69 Å². The average molecular weight is 346 g/mol. The minimum Gasteiger partial charge on any atom is -0.470 e. The fourth-order valence-corrected chi connectivity index (χ4v) is 2.35. The third kappa shape index (κ3) is 3.41. The van der Waals surface area contributed by atoms with Crippen molar-refractivity contribution in [2.24, 2.45) is 0 Å². The van der Waals surface area contributed by atoms with Crippen molar-refractivity contribution in [1.29, 1.82) is 0 Å². The van der Waals surface area contributed by atoms with E-state index in [1.165, 1.54) is 11.0 Å². The number of aliphatic hydroxyl groups excluding tert-OH is 2. The first-order valence-corrected chi connectivity index (χ1v) is 6.93. The molecule has 0 unspecified atom stereocenters. The van der Waals surface area contributed by atoms with Gasteiger partial charge in [-0.25, -0.2) is 4.98 Å². The van der Waals surface area contributed by atoms with Crippen molar-refractivity contribution in [2.45, 2.75) is 24.5 Å². The van der Waals surface area contributed by atoms with Gasteiger partial charge in [0.25, 0.3) is 5.95 Å². The number of piperidine rings is 1. The quantitative estimate of drug-likeness (QED) is 0.827. The van der Waals surface area contributed by atoms with Crippen molar-refractivity contribution in [2.75, 3.05) is 18.0 Å². The van der Waals surface area contributed by atoms with Gasteiger partial charge in [-0.1, -0.05) is 6.07 Å². The van der Waals surface area contributed by atoms with Crippen LogP contribution in [0.3, 0.4) is 0 Å². The van der Waals surface area contributed by atoms with Crippen LogP contribution in [0, 0.1) is 0 Å². The number of halogens is 3. The molecule has 1 aliphatic rings. The van der Waals surface area contributed by atoms with Gasteiger partial charge in [-0.3, -0.25) is 0 Å². The largest absolute Gasteiger partial charge is 0.470 e. The Bertz CT molecular complexity index is 682. The Labute approximate surface area is 133 Å². The van der Waals surface area contributed by atoms with Gasteiger partial charge in [0.1, 0.15) is 24.0 Å². The Kier molecular flexibility index (Phi) is 4.28. The number of aliphatic hydroxyl groups is 2. The fourth-order valence-electron chi connectivity index (χ4n) is 2.35. The maximum absolute atomic E-state index is 12.7. The number of nitrogens with zero attached hydrogens (tertiary/aromatic N) is 4. The Morgan fingerprint density at radius 2 is 2.04 bits per heavy atom. The van der Waals surface area contributed by atoms with Crippen LogP contribution in [-0.4, -0.2) is 56.7 Å². The molecule has 1 saturated heterocycles. The molecule has 3 rings (SSSR count). The van der Waals surface area contributed by atoms with E-state index in [1.807, 2.05) is 0 Å². The Hall–Kier alpha value is -2.40. The van der Waals surface area contributed by atoms with Gasteiger partial charge in [0.05, 0.1) is 6.54 Å². The number of β-amino-alcohol motifs (C(OH)–C–C–N with tert-alkyl or cyclic N) is 1. The highest BCUT2D eigenvalue weighted by Gasteiger charge is 2.38. The molecule has 0 aliphatic carbocycles. The van der Waals surface area contributed by atoms with Crippen molar-refractivity contribution >= 4 is 5.95 Å². The summed E-state index contributed by atoms with van der Waals surface area (Å²) in [6, 6.07) is 3.19. The number of ether oxygens (including phenoxy) is 1. The molecule has 2 aromatic heterocycles. The monoisotopic (exact) mass is 346 g/mol. The number of aromatic nitrogens is 3. The number of hydrogen-bond donors (Lipinski definition) is 2. The molecule has 0 amide bonds. The van der Waals surface area contributed by atoms with Gasteiger partial charge in [-0.05, 0) is 11.2 Å². The normalized spacial score (nSPS) is 24.9. The predicted molar refractivity (Wildman–Crippen MR) is 72.2 cm³/mol. The highest BCUT2D eigenvalue weighted by Crippen LogP contribution is 2.29. The molecule has 3 atom stereocenters. The van der Waals surface area contributed by atoms with Gasteiger partial charge >= 0.3 is 6.18 Å². The summed E-state index contributed by atoms with van der Waals surface area (Å²) in [7, 11) is 0. The lowest BCUT2D eigenvalue weighted by Crippen LogP contribution is -2.57. The van der Waals surface area contributed by atoms with E-state index in [0.717, 1.165) is 18.5 Å². The van der Waals surface area contributed by atoms with Gasteiger partial charge in [0, 0.05) is 12.6 Å². The van der Waals surface area contributed by atoms with Crippen molar-refractivity contribution in [3.05, 3.63) is 30.3 Å². The zero-order valence-corrected chi connectivity index (χ0v) is 12.1. The lowest BCUT2D eigenvalue weighted by molar-refractivity contribution is -0.141. The fraction of sp³-hybridized carbons (Fsp3) is 0.462. The molecular formula is C13H13F3N4O4. The molecule has 2 N–H and O–H groups in total. The number of hydrogen-bond acceptors (Lipinski definition) is 8. The van der Waals surface area contributed by atoms with E-state index in [-0.39, 0.29) is 24.9 Å². The minimum absolute atomic E-state index is 0.0244. The van der Waals surface area contributed by atoms with Gasteiger partial charge < -0.3 is 24.4 Å². The smallest absolute Gasteiger partial charge is 0.433 e. The molecule has 24 heavy (non-hydrogen) atoms. The van der Waals surface area contributed by atoms with E-state index in [2.05, 4.69) is 19.6 Å². The van der Waals surface area contributed by atoms with Crippen molar-refractivity contribution < 1.29 is 32.6 Å². The van der Waals surface area contributed by atoms with Crippen molar-refractivity contribution in [3.63, 3.8) is 0 Å². The van der Waals surface area contributed by atoms with Crippen molar-refractivity contribution in [1.82, 2.24) is 15.1 Å². The maximum Gasteiger partial charge on any atom is 0.433 e. The zero-order chi connectivity index (χ0) is 17.3. The highest BCUT2D eigenvalue weighted by atomic mass is 19.4. The number of rotatable bonds is 3. The maximum atomic E-state index is 12.7. The molecule has 11 heteroatoms. The van der Waals surface area contributed by atoms with Crippen LogP contribution in [0.25, 0.3) is 0 Å². The highest BCUT2D eigenvalue weighted by molar-refractivity contribution is 5.30. The minimum atomic E-state index is -4.61. The SMILES string of the molecule is O[C@@H]1[C@@H](Oc2cccc(C(F)(F)F)n2)CN(c2ncon2)C[C@@H]1O. The van der Waals surface area contributed by atoms with Crippen molar-refractivity contribution in [3.8, 4) is 5.88 Å². The van der Waals surface area contributed by atoms with Gasteiger partial charge in [0.15, 0.2) is 0 Å². The standard InChI is InChI=1S/C13H13F3N4O4/c14-13(15,16)9-2-1-3-10(18-9)24-8-5-20(4-7(21)11(8)22)12-17-6-23-19-12/h1-3,6-8,11,21-22H,4-5H2/t7-,8-,11-/m0/s1. The van der Waals surface area contributed by atoms with Crippen LogP contribution in [-0.2, 0) is 6.18 Å². The molecule has 0 spiro atoms. The van der Waals surface area contributed by atoms with E-state index in [1.54, 1.807) is 0 Å². The molecule has 0 saturated carbocycles. The van der Waals surface area contributed by atoms with Crippen LogP contribution in [0.2, 0.25) is 0 Å². The molecule has 0 bridgehead atoms. The van der Waals surface area contributed by atoms with E-state index in [9.17, 15) is 23.4 Å². The Morgan fingerprint density at radius 3 is 2.71 bits per heavy atom. The third-order valence-electron chi connectivity index (χ3n) is 3.50. The summed E-state index contributed by atoms with van der Waals surface area (Å²) in [5.41, 5.74) is -1.11. The van der Waals surface area contributed by atoms with Gasteiger partial charge in [-0.2, -0.15) is 18.2 Å². The second kappa shape index (κ2) is 6.24. The molecule has 3 heterocycles.